The van der Waals surface area contributed by atoms with Gasteiger partial charge in [0.2, 0.25) is 0 Å². The maximum absolute atomic E-state index is 11.9. The van der Waals surface area contributed by atoms with Crippen LogP contribution in [0, 0.1) is 0 Å². The standard InChI is InChI=1S/C18H20N2O5/c1-3-24-18(23)20-8-6-19(7-9-20)14-5-4-13-10-15(12(2)21)17(22)25-16(13)11-14/h4-5,10-11H,3,6-9H2,1-2H3. The lowest BCUT2D eigenvalue weighted by Gasteiger charge is -2.35. The molecule has 0 saturated carbocycles. The zero-order valence-corrected chi connectivity index (χ0v) is 14.3. The Labute approximate surface area is 144 Å². The first-order chi connectivity index (χ1) is 12.0. The summed E-state index contributed by atoms with van der Waals surface area (Å²) in [5.74, 6) is -0.310. The highest BCUT2D eigenvalue weighted by atomic mass is 16.6. The number of hydrogen-bond acceptors (Lipinski definition) is 6. The summed E-state index contributed by atoms with van der Waals surface area (Å²) in [7, 11) is 0. The van der Waals surface area contributed by atoms with Gasteiger partial charge in [-0.25, -0.2) is 9.59 Å². The molecule has 2 heterocycles. The van der Waals surface area contributed by atoms with Crippen LogP contribution in [0.15, 0.2) is 33.5 Å². The smallest absolute Gasteiger partial charge is 0.409 e. The van der Waals surface area contributed by atoms with Crippen LogP contribution in [0.4, 0.5) is 10.5 Å². The van der Waals surface area contributed by atoms with Crippen LogP contribution >= 0.6 is 0 Å². The Morgan fingerprint density at radius 3 is 2.52 bits per heavy atom. The first kappa shape index (κ1) is 17.0. The molecule has 1 aromatic carbocycles. The summed E-state index contributed by atoms with van der Waals surface area (Å²) in [6, 6.07) is 7.11. The number of fused-ring (bicyclic) bond motifs is 1. The molecular weight excluding hydrogens is 324 g/mol. The molecule has 0 aliphatic carbocycles. The summed E-state index contributed by atoms with van der Waals surface area (Å²) in [5, 5.41) is 0.707. The number of amides is 1. The summed E-state index contributed by atoms with van der Waals surface area (Å²) in [6.45, 7) is 5.98. The topological polar surface area (TPSA) is 80.1 Å². The maximum atomic E-state index is 11.9. The number of anilines is 1. The molecule has 1 saturated heterocycles. The van der Waals surface area contributed by atoms with Gasteiger partial charge in [-0.15, -0.1) is 0 Å². The van der Waals surface area contributed by atoms with Crippen molar-refractivity contribution < 1.29 is 18.7 Å². The van der Waals surface area contributed by atoms with Crippen molar-refractivity contribution in [3.05, 3.63) is 40.2 Å². The molecule has 0 atom stereocenters. The fourth-order valence-corrected chi connectivity index (χ4v) is 2.90. The molecule has 0 unspecified atom stereocenters. The van der Waals surface area contributed by atoms with E-state index in [4.69, 9.17) is 9.15 Å². The van der Waals surface area contributed by atoms with E-state index in [0.717, 1.165) is 5.69 Å². The van der Waals surface area contributed by atoms with Crippen LogP contribution in [0.25, 0.3) is 11.0 Å². The van der Waals surface area contributed by atoms with Crippen LogP contribution in [0.3, 0.4) is 0 Å². The molecule has 0 radical (unpaired) electrons. The van der Waals surface area contributed by atoms with E-state index in [1.807, 2.05) is 12.1 Å². The van der Waals surface area contributed by atoms with Gasteiger partial charge in [0, 0.05) is 43.3 Å². The number of ether oxygens (including phenoxy) is 1. The van der Waals surface area contributed by atoms with Crippen LogP contribution in [0.1, 0.15) is 24.2 Å². The molecule has 132 valence electrons. The first-order valence-corrected chi connectivity index (χ1v) is 8.25. The van der Waals surface area contributed by atoms with Gasteiger partial charge in [0.25, 0.3) is 0 Å². The van der Waals surface area contributed by atoms with Crippen molar-refractivity contribution in [2.45, 2.75) is 13.8 Å². The van der Waals surface area contributed by atoms with Crippen molar-refractivity contribution in [2.75, 3.05) is 37.7 Å². The number of piperazine rings is 1. The summed E-state index contributed by atoms with van der Waals surface area (Å²) in [6.07, 6.45) is -0.288. The average Bonchev–Trinajstić information content (AvgIpc) is 2.60. The molecule has 1 amide bonds. The molecule has 1 fully saturated rings. The lowest BCUT2D eigenvalue weighted by molar-refractivity contribution is 0.101. The SMILES string of the molecule is CCOC(=O)N1CCN(c2ccc3cc(C(C)=O)c(=O)oc3c2)CC1. The molecule has 7 heteroatoms. The Morgan fingerprint density at radius 2 is 1.88 bits per heavy atom. The minimum absolute atomic E-state index is 0.0586. The summed E-state index contributed by atoms with van der Waals surface area (Å²) in [4.78, 5) is 38.9. The van der Waals surface area contributed by atoms with Crippen molar-refractivity contribution in [1.29, 1.82) is 0 Å². The van der Waals surface area contributed by atoms with Gasteiger partial charge in [-0.05, 0) is 32.0 Å². The molecule has 3 rings (SSSR count). The van der Waals surface area contributed by atoms with Crippen LogP contribution in [-0.2, 0) is 4.74 Å². The van der Waals surface area contributed by atoms with E-state index >= 15 is 0 Å². The minimum atomic E-state index is -0.621. The average molecular weight is 344 g/mol. The predicted molar refractivity (Wildman–Crippen MR) is 93.3 cm³/mol. The lowest BCUT2D eigenvalue weighted by atomic mass is 10.1. The van der Waals surface area contributed by atoms with Crippen LogP contribution < -0.4 is 10.5 Å². The molecule has 25 heavy (non-hydrogen) atoms. The van der Waals surface area contributed by atoms with Gasteiger partial charge in [0.15, 0.2) is 5.78 Å². The highest BCUT2D eigenvalue weighted by Gasteiger charge is 2.22. The molecule has 2 aromatic rings. The molecule has 0 N–H and O–H groups in total. The van der Waals surface area contributed by atoms with Gasteiger partial charge >= 0.3 is 11.7 Å². The highest BCUT2D eigenvalue weighted by molar-refractivity contribution is 5.96. The number of nitrogens with zero attached hydrogens (tertiary/aromatic N) is 2. The summed E-state index contributed by atoms with van der Waals surface area (Å²) in [5.41, 5.74) is 0.794. The van der Waals surface area contributed by atoms with Crippen LogP contribution in [0.2, 0.25) is 0 Å². The number of rotatable bonds is 3. The van der Waals surface area contributed by atoms with Gasteiger partial charge in [0.05, 0.1) is 6.61 Å². The van der Waals surface area contributed by atoms with Gasteiger partial charge in [-0.3, -0.25) is 4.79 Å². The van der Waals surface area contributed by atoms with Gasteiger partial charge < -0.3 is 19.0 Å². The number of Topliss-reactive ketones (excluding diaryl/α,β-unsaturated/α-hetero) is 1. The highest BCUT2D eigenvalue weighted by Crippen LogP contribution is 2.23. The molecular formula is C18H20N2O5. The predicted octanol–water partition coefficient (Wildman–Crippen LogP) is 2.27. The van der Waals surface area contributed by atoms with Crippen LogP contribution in [-0.4, -0.2) is 49.6 Å². The number of carbonyl (C=O) groups is 2. The van der Waals surface area contributed by atoms with Crippen LogP contribution in [0.5, 0.6) is 0 Å². The number of ketones is 1. The number of hydrogen-bond donors (Lipinski definition) is 0. The summed E-state index contributed by atoms with van der Waals surface area (Å²) < 4.78 is 10.3. The molecule has 1 aliphatic heterocycles. The third kappa shape index (κ3) is 3.50. The van der Waals surface area contributed by atoms with Crippen molar-refractivity contribution in [3.63, 3.8) is 0 Å². The Balaban J connectivity index is 1.79. The van der Waals surface area contributed by atoms with Gasteiger partial charge in [-0.2, -0.15) is 0 Å². The largest absolute Gasteiger partial charge is 0.450 e. The van der Waals surface area contributed by atoms with Gasteiger partial charge in [0.1, 0.15) is 11.1 Å². The van der Waals surface area contributed by atoms with E-state index < -0.39 is 5.63 Å². The van der Waals surface area contributed by atoms with E-state index in [9.17, 15) is 14.4 Å². The van der Waals surface area contributed by atoms with E-state index in [2.05, 4.69) is 4.90 Å². The first-order valence-electron chi connectivity index (χ1n) is 8.25. The van der Waals surface area contributed by atoms with Crippen molar-refractivity contribution in [2.24, 2.45) is 0 Å². The summed E-state index contributed by atoms with van der Waals surface area (Å²) >= 11 is 0. The van der Waals surface area contributed by atoms with Crippen molar-refractivity contribution >= 4 is 28.5 Å². The maximum Gasteiger partial charge on any atom is 0.409 e. The number of carbonyl (C=O) groups excluding carboxylic acids is 2. The lowest BCUT2D eigenvalue weighted by Crippen LogP contribution is -2.49. The Kier molecular flexibility index (Phi) is 4.74. The van der Waals surface area contributed by atoms with Crippen molar-refractivity contribution in [3.8, 4) is 0 Å². The van der Waals surface area contributed by atoms with E-state index in [1.165, 1.54) is 6.92 Å². The van der Waals surface area contributed by atoms with E-state index in [1.54, 1.807) is 24.0 Å². The second kappa shape index (κ2) is 6.96. The number of benzene rings is 1. The Bertz CT molecular complexity index is 865. The zero-order valence-electron chi connectivity index (χ0n) is 14.3. The van der Waals surface area contributed by atoms with Crippen molar-refractivity contribution in [1.82, 2.24) is 4.90 Å². The quantitative estimate of drug-likeness (QED) is 0.628. The molecule has 0 spiro atoms. The van der Waals surface area contributed by atoms with E-state index in [-0.39, 0.29) is 17.4 Å². The second-order valence-corrected chi connectivity index (χ2v) is 5.90. The molecule has 0 bridgehead atoms. The third-order valence-electron chi connectivity index (χ3n) is 4.27. The Hall–Kier alpha value is -2.83. The molecule has 1 aliphatic rings. The molecule has 1 aromatic heterocycles. The van der Waals surface area contributed by atoms with Gasteiger partial charge in [-0.1, -0.05) is 0 Å². The Morgan fingerprint density at radius 1 is 1.16 bits per heavy atom. The fourth-order valence-electron chi connectivity index (χ4n) is 2.90. The minimum Gasteiger partial charge on any atom is -0.450 e. The molecule has 7 nitrogen and oxygen atoms in total. The monoisotopic (exact) mass is 344 g/mol. The van der Waals surface area contributed by atoms with E-state index in [0.29, 0.717) is 43.8 Å². The fraction of sp³-hybridized carbons (Fsp3) is 0.389. The third-order valence-corrected chi connectivity index (χ3v) is 4.27. The zero-order chi connectivity index (χ0) is 18.0. The normalized spacial score (nSPS) is 14.6. The second-order valence-electron chi connectivity index (χ2n) is 5.90.